The molecule has 1 heterocycles. The number of nitrogens with one attached hydrogen (secondary N) is 1. The first-order valence-electron chi connectivity index (χ1n) is 7.47. The summed E-state index contributed by atoms with van der Waals surface area (Å²) in [7, 11) is 0. The Balaban J connectivity index is 1.90. The SMILES string of the molecule is O=C(Cn1nc(C(F)(F)F)c(Br)c1C1CC1)Nc1c(F)c(F)cc(F)c1F. The molecule has 1 N–H and O–H groups in total. The fraction of sp³-hybridized carbons (Fsp3) is 0.333. The van der Waals surface area contributed by atoms with E-state index in [1.54, 1.807) is 5.32 Å². The number of hydrogen-bond acceptors (Lipinski definition) is 2. The Hall–Kier alpha value is -2.11. The zero-order valence-electron chi connectivity index (χ0n) is 13.1. The lowest BCUT2D eigenvalue weighted by Gasteiger charge is -2.10. The van der Waals surface area contributed by atoms with Crippen molar-refractivity contribution < 1.29 is 35.5 Å². The van der Waals surface area contributed by atoms with Gasteiger partial charge in [0.25, 0.3) is 0 Å². The fourth-order valence-electron chi connectivity index (χ4n) is 2.50. The Morgan fingerprint density at radius 1 is 1.19 bits per heavy atom. The molecule has 0 radical (unpaired) electrons. The molecule has 0 unspecified atom stereocenters. The van der Waals surface area contributed by atoms with Crippen LogP contribution in [0.2, 0.25) is 0 Å². The van der Waals surface area contributed by atoms with E-state index in [1.807, 2.05) is 0 Å². The molecule has 0 atom stereocenters. The second kappa shape index (κ2) is 6.80. The molecular weight excluding hydrogens is 451 g/mol. The van der Waals surface area contributed by atoms with Crippen LogP contribution in [0.3, 0.4) is 0 Å². The summed E-state index contributed by atoms with van der Waals surface area (Å²) in [6, 6.07) is -0.0360. The number of aromatic nitrogens is 2. The molecule has 12 heteroatoms. The minimum absolute atomic E-state index is 0.0360. The Bertz CT molecular complexity index is 895. The number of halogens is 8. The summed E-state index contributed by atoms with van der Waals surface area (Å²) in [5, 5.41) is 4.99. The Kier molecular flexibility index (Phi) is 4.95. The fourth-order valence-corrected chi connectivity index (χ4v) is 3.33. The molecule has 0 aliphatic heterocycles. The van der Waals surface area contributed by atoms with Crippen LogP contribution in [0.5, 0.6) is 0 Å². The van der Waals surface area contributed by atoms with Gasteiger partial charge >= 0.3 is 6.18 Å². The summed E-state index contributed by atoms with van der Waals surface area (Å²) < 4.78 is 93.1. The summed E-state index contributed by atoms with van der Waals surface area (Å²) in [4.78, 5) is 12.0. The topological polar surface area (TPSA) is 46.9 Å². The first kappa shape index (κ1) is 19.6. The van der Waals surface area contributed by atoms with Crippen LogP contribution in [0, 0.1) is 23.3 Å². The predicted octanol–water partition coefficient (Wildman–Crippen LogP) is 4.74. The number of hydrogen-bond donors (Lipinski definition) is 1. The maximum Gasteiger partial charge on any atom is 0.436 e. The summed E-state index contributed by atoms with van der Waals surface area (Å²) in [6.45, 7) is -0.836. The van der Waals surface area contributed by atoms with E-state index in [2.05, 4.69) is 21.0 Å². The highest BCUT2D eigenvalue weighted by molar-refractivity contribution is 9.10. The first-order valence-corrected chi connectivity index (χ1v) is 8.26. The minimum Gasteiger partial charge on any atom is -0.319 e. The standard InChI is InChI=1S/C15H9BrF7N3O/c16-9-13(5-1-2-5)26(25-14(9)15(21,22)23)4-8(27)24-12-10(19)6(17)3-7(18)11(12)20/h3,5H,1-2,4H2,(H,24,27). The highest BCUT2D eigenvalue weighted by Crippen LogP contribution is 2.47. The van der Waals surface area contributed by atoms with Gasteiger partial charge in [-0.1, -0.05) is 0 Å². The van der Waals surface area contributed by atoms with Crippen LogP contribution in [0.25, 0.3) is 0 Å². The monoisotopic (exact) mass is 459 g/mol. The molecule has 146 valence electrons. The number of carbonyl (C=O) groups excluding carboxylic acids is 1. The highest BCUT2D eigenvalue weighted by atomic mass is 79.9. The summed E-state index contributed by atoms with van der Waals surface area (Å²) in [6.07, 6.45) is -3.61. The molecule has 27 heavy (non-hydrogen) atoms. The number of alkyl halides is 3. The van der Waals surface area contributed by atoms with Gasteiger partial charge in [-0.05, 0) is 28.8 Å². The van der Waals surface area contributed by atoms with Crippen molar-refractivity contribution in [3.8, 4) is 0 Å². The van der Waals surface area contributed by atoms with Crippen molar-refractivity contribution in [2.24, 2.45) is 0 Å². The number of nitrogens with zero attached hydrogens (tertiary/aromatic N) is 2. The summed E-state index contributed by atoms with van der Waals surface area (Å²) in [5.41, 5.74) is -2.50. The lowest BCUT2D eigenvalue weighted by atomic mass is 10.2. The predicted molar refractivity (Wildman–Crippen MR) is 81.8 cm³/mol. The summed E-state index contributed by atoms with van der Waals surface area (Å²) >= 11 is 2.82. The zero-order chi connectivity index (χ0) is 20.1. The summed E-state index contributed by atoms with van der Waals surface area (Å²) in [5.74, 6) is -8.59. The van der Waals surface area contributed by atoms with Gasteiger partial charge in [-0.25, -0.2) is 17.6 Å². The zero-order valence-corrected chi connectivity index (χ0v) is 14.7. The number of carbonyl (C=O) groups is 1. The largest absolute Gasteiger partial charge is 0.436 e. The second-order valence-electron chi connectivity index (χ2n) is 5.87. The first-order chi connectivity index (χ1) is 12.5. The van der Waals surface area contributed by atoms with Crippen LogP contribution in [0.4, 0.5) is 36.4 Å². The Morgan fingerprint density at radius 3 is 2.22 bits per heavy atom. The molecule has 4 nitrogen and oxygen atoms in total. The maximum atomic E-state index is 13.6. The third kappa shape index (κ3) is 3.80. The lowest BCUT2D eigenvalue weighted by Crippen LogP contribution is -2.23. The number of anilines is 1. The Labute approximate surface area is 155 Å². The molecule has 0 bridgehead atoms. The van der Waals surface area contributed by atoms with Crippen molar-refractivity contribution >= 4 is 27.5 Å². The molecule has 1 aliphatic rings. The average Bonchev–Trinajstić information content (AvgIpc) is 3.33. The quantitative estimate of drug-likeness (QED) is 0.530. The van der Waals surface area contributed by atoms with Crippen molar-refractivity contribution in [1.29, 1.82) is 0 Å². The van der Waals surface area contributed by atoms with Crippen LogP contribution < -0.4 is 5.32 Å². The molecule has 1 fully saturated rings. The second-order valence-corrected chi connectivity index (χ2v) is 6.66. The van der Waals surface area contributed by atoms with E-state index in [9.17, 15) is 35.5 Å². The van der Waals surface area contributed by atoms with Crippen LogP contribution >= 0.6 is 15.9 Å². The smallest absolute Gasteiger partial charge is 0.319 e. The minimum atomic E-state index is -4.78. The van der Waals surface area contributed by atoms with Gasteiger partial charge in [0.2, 0.25) is 5.91 Å². The molecule has 0 saturated heterocycles. The van der Waals surface area contributed by atoms with E-state index in [0.717, 1.165) is 4.68 Å². The van der Waals surface area contributed by atoms with Gasteiger partial charge in [-0.2, -0.15) is 18.3 Å². The third-order valence-electron chi connectivity index (χ3n) is 3.83. The average molecular weight is 460 g/mol. The molecule has 1 saturated carbocycles. The van der Waals surface area contributed by atoms with Crippen molar-refractivity contribution in [2.75, 3.05) is 5.32 Å². The van der Waals surface area contributed by atoms with E-state index >= 15 is 0 Å². The van der Waals surface area contributed by atoms with Crippen LogP contribution in [-0.4, -0.2) is 15.7 Å². The van der Waals surface area contributed by atoms with Crippen molar-refractivity contribution in [3.63, 3.8) is 0 Å². The van der Waals surface area contributed by atoms with Gasteiger partial charge in [0, 0.05) is 12.0 Å². The molecule has 0 spiro atoms. The van der Waals surface area contributed by atoms with Crippen molar-refractivity contribution in [2.45, 2.75) is 31.5 Å². The lowest BCUT2D eigenvalue weighted by molar-refractivity contribution is -0.142. The van der Waals surface area contributed by atoms with Crippen molar-refractivity contribution in [1.82, 2.24) is 9.78 Å². The molecular formula is C15H9BrF7N3O. The molecule has 1 aliphatic carbocycles. The van der Waals surface area contributed by atoms with Gasteiger partial charge in [-0.3, -0.25) is 9.48 Å². The van der Waals surface area contributed by atoms with Crippen LogP contribution in [-0.2, 0) is 17.5 Å². The maximum absolute atomic E-state index is 13.6. The van der Waals surface area contributed by atoms with E-state index in [4.69, 9.17) is 0 Å². The van der Waals surface area contributed by atoms with E-state index in [0.29, 0.717) is 12.8 Å². The van der Waals surface area contributed by atoms with Gasteiger partial charge in [0.15, 0.2) is 29.0 Å². The normalized spacial score (nSPS) is 14.5. The number of rotatable bonds is 4. The Morgan fingerprint density at radius 2 is 1.74 bits per heavy atom. The van der Waals surface area contributed by atoms with Crippen molar-refractivity contribution in [3.05, 3.63) is 45.2 Å². The van der Waals surface area contributed by atoms with Crippen LogP contribution in [0.1, 0.15) is 30.1 Å². The molecule has 1 amide bonds. The van der Waals surface area contributed by atoms with Gasteiger partial charge in [0.05, 0.1) is 10.2 Å². The third-order valence-corrected chi connectivity index (χ3v) is 4.62. The van der Waals surface area contributed by atoms with E-state index < -0.39 is 53.3 Å². The molecule has 2 aromatic rings. The van der Waals surface area contributed by atoms with Gasteiger partial charge < -0.3 is 5.32 Å². The van der Waals surface area contributed by atoms with Crippen LogP contribution in [0.15, 0.2) is 10.5 Å². The van der Waals surface area contributed by atoms with Gasteiger partial charge in [-0.15, -0.1) is 0 Å². The molecule has 3 rings (SSSR count). The highest BCUT2D eigenvalue weighted by Gasteiger charge is 2.42. The van der Waals surface area contributed by atoms with E-state index in [1.165, 1.54) is 0 Å². The number of benzene rings is 1. The molecule has 1 aromatic heterocycles. The van der Waals surface area contributed by atoms with E-state index in [-0.39, 0.29) is 22.2 Å². The number of amides is 1. The molecule has 1 aromatic carbocycles. The van der Waals surface area contributed by atoms with Gasteiger partial charge in [0.1, 0.15) is 12.2 Å².